The topological polar surface area (TPSA) is 79.4 Å². The predicted molar refractivity (Wildman–Crippen MR) is 110 cm³/mol. The minimum atomic E-state index is -3.57. The lowest BCUT2D eigenvalue weighted by molar-refractivity contribution is -0.120. The number of aryl methyl sites for hydroxylation is 3. The van der Waals surface area contributed by atoms with Crippen LogP contribution in [0.4, 0.5) is 5.69 Å². The molecule has 8 heteroatoms. The van der Waals surface area contributed by atoms with Gasteiger partial charge in [-0.2, -0.15) is 4.31 Å². The van der Waals surface area contributed by atoms with E-state index in [1.807, 2.05) is 26.8 Å². The van der Waals surface area contributed by atoms with Crippen LogP contribution in [0.3, 0.4) is 0 Å². The number of pyridine rings is 1. The first-order valence-electron chi connectivity index (χ1n) is 9.20. The Morgan fingerprint density at radius 1 is 1.14 bits per heavy atom. The summed E-state index contributed by atoms with van der Waals surface area (Å²) in [6, 6.07) is 8.08. The molecule has 2 aromatic rings. The van der Waals surface area contributed by atoms with E-state index in [0.717, 1.165) is 22.6 Å². The Labute approximate surface area is 171 Å². The van der Waals surface area contributed by atoms with E-state index in [2.05, 4.69) is 10.3 Å². The van der Waals surface area contributed by atoms with E-state index in [1.165, 1.54) is 16.4 Å². The van der Waals surface area contributed by atoms with Gasteiger partial charge in [0.25, 0.3) is 0 Å². The average molecular weight is 422 g/mol. The molecule has 150 valence electrons. The van der Waals surface area contributed by atoms with E-state index in [-0.39, 0.29) is 16.7 Å². The summed E-state index contributed by atoms with van der Waals surface area (Å²) in [5.41, 5.74) is 3.41. The Balaban J connectivity index is 1.65. The fourth-order valence-corrected chi connectivity index (χ4v) is 5.15. The van der Waals surface area contributed by atoms with Crippen molar-refractivity contribution in [2.75, 3.05) is 18.4 Å². The van der Waals surface area contributed by atoms with Gasteiger partial charge in [-0.3, -0.25) is 9.78 Å². The van der Waals surface area contributed by atoms with Crippen LogP contribution in [0.2, 0.25) is 5.02 Å². The zero-order chi connectivity index (χ0) is 20.5. The standard InChI is InChI=1S/C20H24ClN3O3S/c1-13-12-14(2)22-15(3)19(13)23-20(25)16-8-10-24(11-9-16)28(26,27)18-6-4-17(21)5-7-18/h4-7,12,16H,8-11H2,1-3H3,(H,23,25). The van der Waals surface area contributed by atoms with E-state index >= 15 is 0 Å². The van der Waals surface area contributed by atoms with Crippen LogP contribution >= 0.6 is 11.6 Å². The highest BCUT2D eigenvalue weighted by Gasteiger charge is 2.32. The van der Waals surface area contributed by atoms with Crippen LogP contribution in [0.1, 0.15) is 29.8 Å². The fourth-order valence-electron chi connectivity index (χ4n) is 3.55. The van der Waals surface area contributed by atoms with Crippen molar-refractivity contribution < 1.29 is 13.2 Å². The molecule has 1 N–H and O–H groups in total. The summed E-state index contributed by atoms with van der Waals surface area (Å²) in [7, 11) is -3.57. The highest BCUT2D eigenvalue weighted by molar-refractivity contribution is 7.89. The summed E-state index contributed by atoms with van der Waals surface area (Å²) in [4.78, 5) is 17.3. The number of benzene rings is 1. The molecular weight excluding hydrogens is 398 g/mol. The third kappa shape index (κ3) is 4.37. The molecule has 2 heterocycles. The van der Waals surface area contributed by atoms with Crippen LogP contribution in [-0.4, -0.2) is 36.7 Å². The molecule has 1 aromatic carbocycles. The average Bonchev–Trinajstić information content (AvgIpc) is 2.65. The van der Waals surface area contributed by atoms with E-state index in [1.54, 1.807) is 12.1 Å². The number of nitrogens with zero attached hydrogens (tertiary/aromatic N) is 2. The third-order valence-corrected chi connectivity index (χ3v) is 7.21. The number of nitrogens with one attached hydrogen (secondary N) is 1. The van der Waals surface area contributed by atoms with Gasteiger partial charge >= 0.3 is 0 Å². The Bertz CT molecular complexity index is 959. The quantitative estimate of drug-likeness (QED) is 0.816. The molecule has 0 spiro atoms. The van der Waals surface area contributed by atoms with Gasteiger partial charge < -0.3 is 5.32 Å². The van der Waals surface area contributed by atoms with Gasteiger partial charge in [0, 0.05) is 29.7 Å². The molecule has 0 aliphatic carbocycles. The molecule has 1 aromatic heterocycles. The first-order valence-corrected chi connectivity index (χ1v) is 11.0. The van der Waals surface area contributed by atoms with Crippen molar-refractivity contribution in [1.82, 2.24) is 9.29 Å². The molecular formula is C20H24ClN3O3S. The number of sulfonamides is 1. The summed E-state index contributed by atoms with van der Waals surface area (Å²) in [6.45, 7) is 6.36. The van der Waals surface area contributed by atoms with Gasteiger partial charge in [0.05, 0.1) is 16.3 Å². The number of amides is 1. The minimum Gasteiger partial charge on any atom is -0.324 e. The van der Waals surface area contributed by atoms with Gasteiger partial charge in [-0.25, -0.2) is 8.42 Å². The molecule has 1 aliphatic heterocycles. The van der Waals surface area contributed by atoms with Crippen molar-refractivity contribution in [3.8, 4) is 0 Å². The second-order valence-electron chi connectivity index (χ2n) is 7.16. The van der Waals surface area contributed by atoms with Gasteiger partial charge in [0.2, 0.25) is 15.9 Å². The molecule has 0 atom stereocenters. The molecule has 0 bridgehead atoms. The summed E-state index contributed by atoms with van der Waals surface area (Å²) in [5, 5.41) is 3.47. The number of carbonyl (C=O) groups is 1. The molecule has 1 amide bonds. The van der Waals surface area contributed by atoms with Crippen molar-refractivity contribution >= 4 is 33.2 Å². The van der Waals surface area contributed by atoms with Crippen molar-refractivity contribution in [1.29, 1.82) is 0 Å². The van der Waals surface area contributed by atoms with Crippen LogP contribution in [0.5, 0.6) is 0 Å². The smallest absolute Gasteiger partial charge is 0.243 e. The third-order valence-electron chi connectivity index (χ3n) is 5.05. The highest BCUT2D eigenvalue weighted by atomic mass is 35.5. The normalized spacial score (nSPS) is 16.1. The summed E-state index contributed by atoms with van der Waals surface area (Å²) in [6.07, 6.45) is 0.964. The van der Waals surface area contributed by atoms with E-state index < -0.39 is 10.0 Å². The number of rotatable bonds is 4. The van der Waals surface area contributed by atoms with Gasteiger partial charge in [-0.05, 0) is 69.5 Å². The summed E-state index contributed by atoms with van der Waals surface area (Å²) >= 11 is 5.84. The van der Waals surface area contributed by atoms with Crippen LogP contribution < -0.4 is 5.32 Å². The molecule has 1 aliphatic rings. The molecule has 0 saturated carbocycles. The lowest BCUT2D eigenvalue weighted by Gasteiger charge is -2.30. The molecule has 3 rings (SSSR count). The predicted octanol–water partition coefficient (Wildman–Crippen LogP) is 3.70. The second-order valence-corrected chi connectivity index (χ2v) is 9.54. The summed E-state index contributed by atoms with van der Waals surface area (Å²) < 4.78 is 27.0. The van der Waals surface area contributed by atoms with E-state index in [4.69, 9.17) is 11.6 Å². The number of halogens is 1. The Kier molecular flexibility index (Phi) is 6.07. The minimum absolute atomic E-state index is 0.0830. The zero-order valence-electron chi connectivity index (χ0n) is 16.2. The summed E-state index contributed by atoms with van der Waals surface area (Å²) in [5.74, 6) is -0.308. The largest absolute Gasteiger partial charge is 0.324 e. The number of piperidine rings is 1. The Hall–Kier alpha value is -1.96. The van der Waals surface area contributed by atoms with Crippen molar-refractivity contribution in [2.24, 2.45) is 5.92 Å². The Morgan fingerprint density at radius 3 is 2.32 bits per heavy atom. The molecule has 0 unspecified atom stereocenters. The first kappa shape index (κ1) is 20.8. The lowest BCUT2D eigenvalue weighted by atomic mass is 9.97. The number of carbonyl (C=O) groups excluding carboxylic acids is 1. The van der Waals surface area contributed by atoms with Crippen LogP contribution in [-0.2, 0) is 14.8 Å². The number of aromatic nitrogens is 1. The van der Waals surface area contributed by atoms with Gasteiger partial charge in [-0.1, -0.05) is 11.6 Å². The van der Waals surface area contributed by atoms with Crippen LogP contribution in [0, 0.1) is 26.7 Å². The zero-order valence-corrected chi connectivity index (χ0v) is 17.8. The number of hydrogen-bond acceptors (Lipinski definition) is 4. The second kappa shape index (κ2) is 8.19. The Morgan fingerprint density at radius 2 is 1.75 bits per heavy atom. The fraction of sp³-hybridized carbons (Fsp3) is 0.400. The van der Waals surface area contributed by atoms with Crippen molar-refractivity contribution in [3.63, 3.8) is 0 Å². The number of anilines is 1. The van der Waals surface area contributed by atoms with Crippen LogP contribution in [0.15, 0.2) is 35.2 Å². The molecule has 0 radical (unpaired) electrons. The lowest BCUT2D eigenvalue weighted by Crippen LogP contribution is -2.41. The van der Waals surface area contributed by atoms with E-state index in [9.17, 15) is 13.2 Å². The van der Waals surface area contributed by atoms with Gasteiger partial charge in [0.15, 0.2) is 0 Å². The SMILES string of the molecule is Cc1cc(C)c(NC(=O)C2CCN(S(=O)(=O)c3ccc(Cl)cc3)CC2)c(C)n1. The molecule has 28 heavy (non-hydrogen) atoms. The first-order chi connectivity index (χ1) is 13.2. The molecule has 1 fully saturated rings. The maximum absolute atomic E-state index is 12.8. The molecule has 6 nitrogen and oxygen atoms in total. The van der Waals surface area contributed by atoms with Crippen molar-refractivity contribution in [3.05, 3.63) is 52.3 Å². The highest BCUT2D eigenvalue weighted by Crippen LogP contribution is 2.27. The maximum atomic E-state index is 12.8. The molecule has 1 saturated heterocycles. The van der Waals surface area contributed by atoms with Crippen LogP contribution in [0.25, 0.3) is 0 Å². The number of hydrogen-bond donors (Lipinski definition) is 1. The van der Waals surface area contributed by atoms with Crippen molar-refractivity contribution in [2.45, 2.75) is 38.5 Å². The van der Waals surface area contributed by atoms with Gasteiger partial charge in [0.1, 0.15) is 0 Å². The maximum Gasteiger partial charge on any atom is 0.243 e. The van der Waals surface area contributed by atoms with E-state index in [0.29, 0.717) is 31.0 Å². The van der Waals surface area contributed by atoms with Gasteiger partial charge in [-0.15, -0.1) is 0 Å². The monoisotopic (exact) mass is 421 g/mol.